The Morgan fingerprint density at radius 1 is 0.941 bits per heavy atom. The molecule has 6 heteroatoms. The van der Waals surface area contributed by atoms with Crippen LogP contribution in [0.4, 0.5) is 17.3 Å². The first-order chi connectivity index (χ1) is 8.16. The van der Waals surface area contributed by atoms with E-state index in [0.717, 1.165) is 0 Å². The van der Waals surface area contributed by atoms with Gasteiger partial charge in [-0.25, -0.2) is 4.98 Å². The predicted molar refractivity (Wildman–Crippen MR) is 62.6 cm³/mol. The van der Waals surface area contributed by atoms with Crippen molar-refractivity contribution in [2.75, 3.05) is 5.73 Å². The molecule has 1 aromatic heterocycles. The third kappa shape index (κ3) is 2.49. The number of nitrogens with zero attached hydrogens (tertiary/aromatic N) is 3. The zero-order valence-electron chi connectivity index (χ0n) is 8.78. The van der Waals surface area contributed by atoms with Gasteiger partial charge in [0.2, 0.25) is 0 Å². The van der Waals surface area contributed by atoms with Gasteiger partial charge in [0.05, 0.1) is 0 Å². The van der Waals surface area contributed by atoms with Crippen LogP contribution in [-0.4, -0.2) is 15.2 Å². The van der Waals surface area contributed by atoms with E-state index in [2.05, 4.69) is 15.2 Å². The molecule has 0 saturated carbocycles. The van der Waals surface area contributed by atoms with Gasteiger partial charge in [0, 0.05) is 0 Å². The molecule has 4 N–H and O–H groups in total. The van der Waals surface area contributed by atoms with Gasteiger partial charge in [0.1, 0.15) is 11.4 Å². The zero-order chi connectivity index (χ0) is 12.3. The van der Waals surface area contributed by atoms with Crippen LogP contribution in [-0.2, 0) is 0 Å². The molecule has 0 aliphatic heterocycles. The highest BCUT2D eigenvalue weighted by atomic mass is 16.3. The van der Waals surface area contributed by atoms with E-state index in [4.69, 9.17) is 5.73 Å². The third-order valence-electron chi connectivity index (χ3n) is 2.03. The summed E-state index contributed by atoms with van der Waals surface area (Å²) in [5.41, 5.74) is 5.74. The fourth-order valence-corrected chi connectivity index (χ4v) is 1.17. The highest BCUT2D eigenvalue weighted by molar-refractivity contribution is 5.51. The summed E-state index contributed by atoms with van der Waals surface area (Å²) >= 11 is 0. The molecule has 17 heavy (non-hydrogen) atoms. The molecule has 0 unspecified atom stereocenters. The number of azo groups is 1. The molecule has 0 aliphatic rings. The van der Waals surface area contributed by atoms with E-state index in [1.807, 2.05) is 0 Å². The van der Waals surface area contributed by atoms with Crippen molar-refractivity contribution in [2.24, 2.45) is 10.2 Å². The van der Waals surface area contributed by atoms with Gasteiger partial charge < -0.3 is 15.9 Å². The molecular weight excluding hydrogens is 220 g/mol. The van der Waals surface area contributed by atoms with Crippen LogP contribution in [0.2, 0.25) is 0 Å². The summed E-state index contributed by atoms with van der Waals surface area (Å²) in [5.74, 6) is 0.164. The number of pyridine rings is 1. The minimum atomic E-state index is -0.105. The van der Waals surface area contributed by atoms with Gasteiger partial charge >= 0.3 is 0 Å². The lowest BCUT2D eigenvalue weighted by Crippen LogP contribution is -1.89. The molecule has 6 nitrogen and oxygen atoms in total. The number of anilines is 1. The van der Waals surface area contributed by atoms with Crippen LogP contribution >= 0.6 is 0 Å². The minimum absolute atomic E-state index is 0.0151. The predicted octanol–water partition coefficient (Wildman–Crippen LogP) is 2.49. The molecule has 0 fully saturated rings. The van der Waals surface area contributed by atoms with Crippen molar-refractivity contribution >= 4 is 17.3 Å². The van der Waals surface area contributed by atoms with Crippen LogP contribution in [0.25, 0.3) is 0 Å². The smallest absolute Gasteiger partial charge is 0.176 e. The van der Waals surface area contributed by atoms with Crippen LogP contribution in [0.3, 0.4) is 0 Å². The molecule has 0 bridgehead atoms. The van der Waals surface area contributed by atoms with Gasteiger partial charge in [-0.15, -0.1) is 10.2 Å². The monoisotopic (exact) mass is 230 g/mol. The molecule has 0 radical (unpaired) electrons. The number of phenols is 1. The van der Waals surface area contributed by atoms with Crippen LogP contribution in [0, 0.1) is 0 Å². The largest absolute Gasteiger partial charge is 0.506 e. The zero-order valence-corrected chi connectivity index (χ0v) is 8.78. The Morgan fingerprint density at radius 3 is 2.41 bits per heavy atom. The number of hydrogen-bond donors (Lipinski definition) is 3. The van der Waals surface area contributed by atoms with E-state index in [1.54, 1.807) is 18.2 Å². The topological polar surface area (TPSA) is 104 Å². The van der Waals surface area contributed by atoms with Crippen molar-refractivity contribution in [1.29, 1.82) is 0 Å². The maximum Gasteiger partial charge on any atom is 0.176 e. The number of aromatic hydroxyl groups is 2. The van der Waals surface area contributed by atoms with Gasteiger partial charge in [0.15, 0.2) is 17.4 Å². The summed E-state index contributed by atoms with van der Waals surface area (Å²) in [4.78, 5) is 3.80. The summed E-state index contributed by atoms with van der Waals surface area (Å²) in [5, 5.41) is 26.2. The molecule has 86 valence electrons. The van der Waals surface area contributed by atoms with Gasteiger partial charge in [-0.2, -0.15) is 0 Å². The molecule has 0 spiro atoms. The number of benzene rings is 1. The normalized spacial score (nSPS) is 10.8. The lowest BCUT2D eigenvalue weighted by atomic mass is 10.3. The van der Waals surface area contributed by atoms with Crippen LogP contribution in [0.1, 0.15) is 0 Å². The highest BCUT2D eigenvalue weighted by Gasteiger charge is 2.00. The number of hydrogen-bond acceptors (Lipinski definition) is 6. The SMILES string of the molecule is Nc1nc(N=Nc2ccccc2O)ccc1O. The molecule has 0 aliphatic carbocycles. The number of rotatable bonds is 2. The average Bonchev–Trinajstić information content (AvgIpc) is 2.32. The van der Waals surface area contributed by atoms with Crippen molar-refractivity contribution < 1.29 is 10.2 Å². The maximum absolute atomic E-state index is 9.45. The van der Waals surface area contributed by atoms with Crippen molar-refractivity contribution in [1.82, 2.24) is 4.98 Å². The molecule has 0 atom stereocenters. The molecule has 2 rings (SSSR count). The van der Waals surface area contributed by atoms with E-state index >= 15 is 0 Å². The second-order valence-corrected chi connectivity index (χ2v) is 3.26. The Balaban J connectivity index is 2.26. The number of nitrogen functional groups attached to an aromatic ring is 1. The Labute approximate surface area is 97.1 Å². The fraction of sp³-hybridized carbons (Fsp3) is 0. The molecule has 1 heterocycles. The summed E-state index contributed by atoms with van der Waals surface area (Å²) in [6.45, 7) is 0. The van der Waals surface area contributed by atoms with Crippen molar-refractivity contribution in [2.45, 2.75) is 0 Å². The number of aromatic nitrogens is 1. The first kappa shape index (κ1) is 10.9. The number of phenolic OH excluding ortho intramolecular Hbond substituents is 1. The third-order valence-corrected chi connectivity index (χ3v) is 2.03. The first-order valence-electron chi connectivity index (χ1n) is 4.82. The summed E-state index contributed by atoms with van der Waals surface area (Å²) < 4.78 is 0. The summed E-state index contributed by atoms with van der Waals surface area (Å²) in [6.07, 6.45) is 0. The Morgan fingerprint density at radius 2 is 1.71 bits per heavy atom. The van der Waals surface area contributed by atoms with E-state index in [-0.39, 0.29) is 23.1 Å². The second kappa shape index (κ2) is 4.48. The summed E-state index contributed by atoms with van der Waals surface area (Å²) in [6, 6.07) is 9.38. The Bertz CT molecular complexity index is 569. The second-order valence-electron chi connectivity index (χ2n) is 3.26. The minimum Gasteiger partial charge on any atom is -0.506 e. The Hall–Kier alpha value is -2.63. The van der Waals surface area contributed by atoms with Crippen molar-refractivity contribution in [3.8, 4) is 11.5 Å². The van der Waals surface area contributed by atoms with E-state index in [9.17, 15) is 10.2 Å². The first-order valence-corrected chi connectivity index (χ1v) is 4.82. The molecule has 0 amide bonds. The van der Waals surface area contributed by atoms with Gasteiger partial charge in [-0.1, -0.05) is 12.1 Å². The highest BCUT2D eigenvalue weighted by Crippen LogP contribution is 2.27. The van der Waals surface area contributed by atoms with Gasteiger partial charge in [-0.05, 0) is 24.3 Å². The number of para-hydroxylation sites is 1. The van der Waals surface area contributed by atoms with E-state index in [0.29, 0.717) is 5.69 Å². The van der Waals surface area contributed by atoms with Crippen LogP contribution in [0.15, 0.2) is 46.6 Å². The van der Waals surface area contributed by atoms with Crippen molar-refractivity contribution in [3.63, 3.8) is 0 Å². The van der Waals surface area contributed by atoms with Crippen molar-refractivity contribution in [3.05, 3.63) is 36.4 Å². The number of nitrogens with two attached hydrogens (primary N) is 1. The van der Waals surface area contributed by atoms with E-state index in [1.165, 1.54) is 18.2 Å². The quantitative estimate of drug-likeness (QED) is 0.689. The van der Waals surface area contributed by atoms with E-state index < -0.39 is 0 Å². The standard InChI is InChI=1S/C11H10N4O2/c12-11-9(17)5-6-10(13-11)15-14-7-3-1-2-4-8(7)16/h1-6,16-17H,(H2,12,13). The van der Waals surface area contributed by atoms with Gasteiger partial charge in [-0.3, -0.25) is 0 Å². The maximum atomic E-state index is 9.45. The van der Waals surface area contributed by atoms with Crippen LogP contribution in [0.5, 0.6) is 11.5 Å². The summed E-state index contributed by atoms with van der Waals surface area (Å²) in [7, 11) is 0. The molecule has 0 saturated heterocycles. The molecule has 1 aromatic carbocycles. The van der Waals surface area contributed by atoms with Gasteiger partial charge in [0.25, 0.3) is 0 Å². The fourth-order valence-electron chi connectivity index (χ4n) is 1.17. The lowest BCUT2D eigenvalue weighted by Gasteiger charge is -1.98. The average molecular weight is 230 g/mol. The molecule has 2 aromatic rings. The lowest BCUT2D eigenvalue weighted by molar-refractivity contribution is 0.475. The van der Waals surface area contributed by atoms with Crippen LogP contribution < -0.4 is 5.73 Å². The molecular formula is C11H10N4O2. The Kier molecular flexibility index (Phi) is 2.87.